The molecule has 0 aliphatic heterocycles. The van der Waals surface area contributed by atoms with Gasteiger partial charge in [-0.1, -0.05) is 19.4 Å². The molecular formula is C14H25ClO2. The zero-order valence-corrected chi connectivity index (χ0v) is 11.7. The number of hydrogen-bond acceptors (Lipinski definition) is 2. The third-order valence-electron chi connectivity index (χ3n) is 2.67. The van der Waals surface area contributed by atoms with Crippen LogP contribution in [-0.4, -0.2) is 11.6 Å². The Bertz CT molecular complexity index is 224. The van der Waals surface area contributed by atoms with Crippen LogP contribution in [0.2, 0.25) is 0 Å². The third kappa shape index (κ3) is 13.3. The van der Waals surface area contributed by atoms with Gasteiger partial charge in [0, 0.05) is 25.7 Å². The molecular weight excluding hydrogens is 236 g/mol. The Hall–Kier alpha value is -0.630. The minimum atomic E-state index is 0. The number of allylic oxidation sites excluding steroid dienone is 1. The molecule has 0 saturated heterocycles. The van der Waals surface area contributed by atoms with Crippen molar-refractivity contribution in [1.82, 2.24) is 0 Å². The van der Waals surface area contributed by atoms with E-state index in [-0.39, 0.29) is 12.4 Å². The summed E-state index contributed by atoms with van der Waals surface area (Å²) in [6, 6.07) is 0. The molecule has 0 aromatic carbocycles. The summed E-state index contributed by atoms with van der Waals surface area (Å²) >= 11 is 0. The molecule has 100 valence electrons. The lowest BCUT2D eigenvalue weighted by Gasteiger charge is -2.00. The fourth-order valence-electron chi connectivity index (χ4n) is 1.57. The van der Waals surface area contributed by atoms with Gasteiger partial charge in [-0.15, -0.1) is 19.0 Å². The second-order valence-corrected chi connectivity index (χ2v) is 4.17. The van der Waals surface area contributed by atoms with E-state index < -0.39 is 0 Å². The van der Waals surface area contributed by atoms with Gasteiger partial charge in [-0.3, -0.25) is 9.59 Å². The molecule has 0 aromatic heterocycles. The first-order valence-electron chi connectivity index (χ1n) is 6.35. The molecule has 2 nitrogen and oxygen atoms in total. The number of halogens is 1. The van der Waals surface area contributed by atoms with Crippen molar-refractivity contribution < 1.29 is 9.59 Å². The van der Waals surface area contributed by atoms with Crippen molar-refractivity contribution in [2.45, 2.75) is 64.7 Å². The van der Waals surface area contributed by atoms with Crippen LogP contribution in [0.4, 0.5) is 0 Å². The summed E-state index contributed by atoms with van der Waals surface area (Å²) in [5.74, 6) is 0.681. The number of ketones is 2. The Morgan fingerprint density at radius 3 is 2.00 bits per heavy atom. The van der Waals surface area contributed by atoms with E-state index in [0.29, 0.717) is 37.2 Å². The molecule has 0 atom stereocenters. The van der Waals surface area contributed by atoms with E-state index in [1.807, 2.05) is 13.0 Å². The Morgan fingerprint density at radius 1 is 0.941 bits per heavy atom. The van der Waals surface area contributed by atoms with E-state index >= 15 is 0 Å². The van der Waals surface area contributed by atoms with E-state index in [2.05, 4.69) is 6.58 Å². The molecule has 0 rings (SSSR count). The normalized spacial score (nSPS) is 9.47. The SMILES string of the molecule is C=CCCCC(=O)CCCCCC(=O)CC.Cl. The monoisotopic (exact) mass is 260 g/mol. The maximum absolute atomic E-state index is 11.4. The Balaban J connectivity index is 0. The summed E-state index contributed by atoms with van der Waals surface area (Å²) in [4.78, 5) is 22.4. The van der Waals surface area contributed by atoms with Gasteiger partial charge in [0.1, 0.15) is 11.6 Å². The van der Waals surface area contributed by atoms with Crippen LogP contribution in [0.3, 0.4) is 0 Å². The lowest BCUT2D eigenvalue weighted by atomic mass is 10.0. The van der Waals surface area contributed by atoms with Crippen molar-refractivity contribution in [2.24, 2.45) is 0 Å². The second-order valence-electron chi connectivity index (χ2n) is 4.17. The molecule has 0 unspecified atom stereocenters. The summed E-state index contributed by atoms with van der Waals surface area (Å²) in [5.41, 5.74) is 0. The van der Waals surface area contributed by atoms with Gasteiger partial charge in [-0.2, -0.15) is 0 Å². The number of Topliss-reactive ketones (excluding diaryl/α,β-unsaturated/α-hetero) is 2. The molecule has 0 amide bonds. The van der Waals surface area contributed by atoms with Gasteiger partial charge in [0.25, 0.3) is 0 Å². The Labute approximate surface area is 111 Å². The van der Waals surface area contributed by atoms with Gasteiger partial charge in [-0.25, -0.2) is 0 Å². The molecule has 0 bridgehead atoms. The van der Waals surface area contributed by atoms with Crippen molar-refractivity contribution in [3.05, 3.63) is 12.7 Å². The first kappa shape index (κ1) is 18.7. The summed E-state index contributed by atoms with van der Waals surface area (Å²) in [6.07, 6.45) is 9.26. The zero-order valence-electron chi connectivity index (χ0n) is 10.9. The molecule has 0 heterocycles. The smallest absolute Gasteiger partial charge is 0.132 e. The van der Waals surface area contributed by atoms with Gasteiger partial charge in [0.15, 0.2) is 0 Å². The fourth-order valence-corrected chi connectivity index (χ4v) is 1.57. The van der Waals surface area contributed by atoms with Crippen LogP contribution in [0.5, 0.6) is 0 Å². The summed E-state index contributed by atoms with van der Waals surface area (Å²) in [6.45, 7) is 5.52. The summed E-state index contributed by atoms with van der Waals surface area (Å²) < 4.78 is 0. The standard InChI is InChI=1S/C14H24O2.ClH/c1-3-5-7-11-14(16)12-9-6-8-10-13(15)4-2;/h3H,1,4-12H2,2H3;1H. The van der Waals surface area contributed by atoms with Gasteiger partial charge in [0.05, 0.1) is 0 Å². The third-order valence-corrected chi connectivity index (χ3v) is 2.67. The maximum Gasteiger partial charge on any atom is 0.132 e. The second kappa shape index (κ2) is 13.4. The Morgan fingerprint density at radius 2 is 1.47 bits per heavy atom. The summed E-state index contributed by atoms with van der Waals surface area (Å²) in [5, 5.41) is 0. The molecule has 0 saturated carbocycles. The van der Waals surface area contributed by atoms with Crippen molar-refractivity contribution in [2.75, 3.05) is 0 Å². The van der Waals surface area contributed by atoms with Crippen LogP contribution in [-0.2, 0) is 9.59 Å². The van der Waals surface area contributed by atoms with Gasteiger partial charge in [0.2, 0.25) is 0 Å². The number of hydrogen-bond donors (Lipinski definition) is 0. The van der Waals surface area contributed by atoms with Gasteiger partial charge in [-0.05, 0) is 25.7 Å². The average Bonchev–Trinajstić information content (AvgIpc) is 2.28. The van der Waals surface area contributed by atoms with Gasteiger partial charge < -0.3 is 0 Å². The fraction of sp³-hybridized carbons (Fsp3) is 0.714. The van der Waals surface area contributed by atoms with E-state index in [1.54, 1.807) is 0 Å². The highest BCUT2D eigenvalue weighted by Crippen LogP contribution is 2.08. The van der Waals surface area contributed by atoms with Crippen molar-refractivity contribution in [1.29, 1.82) is 0 Å². The highest BCUT2D eigenvalue weighted by Gasteiger charge is 2.02. The molecule has 0 N–H and O–H groups in total. The van der Waals surface area contributed by atoms with Crippen LogP contribution >= 0.6 is 12.4 Å². The first-order chi connectivity index (χ1) is 7.70. The lowest BCUT2D eigenvalue weighted by molar-refractivity contribution is -0.119. The van der Waals surface area contributed by atoms with Crippen LogP contribution in [0.1, 0.15) is 64.7 Å². The predicted molar refractivity (Wildman–Crippen MR) is 74.7 cm³/mol. The molecule has 17 heavy (non-hydrogen) atoms. The van der Waals surface area contributed by atoms with Crippen molar-refractivity contribution in [3.63, 3.8) is 0 Å². The van der Waals surface area contributed by atoms with E-state index in [1.165, 1.54) is 0 Å². The number of carbonyl (C=O) groups excluding carboxylic acids is 2. The highest BCUT2D eigenvalue weighted by atomic mass is 35.5. The minimum absolute atomic E-state index is 0. The maximum atomic E-state index is 11.4. The molecule has 0 radical (unpaired) electrons. The van der Waals surface area contributed by atoms with E-state index in [0.717, 1.165) is 32.1 Å². The van der Waals surface area contributed by atoms with Crippen LogP contribution in [0, 0.1) is 0 Å². The molecule has 0 fully saturated rings. The topological polar surface area (TPSA) is 34.1 Å². The van der Waals surface area contributed by atoms with Crippen LogP contribution < -0.4 is 0 Å². The van der Waals surface area contributed by atoms with E-state index in [4.69, 9.17) is 0 Å². The zero-order chi connectivity index (χ0) is 12.2. The molecule has 0 spiro atoms. The summed E-state index contributed by atoms with van der Waals surface area (Å²) in [7, 11) is 0. The predicted octanol–water partition coefficient (Wildman–Crippen LogP) is 4.26. The minimum Gasteiger partial charge on any atom is -0.300 e. The Kier molecular flexibility index (Phi) is 14.8. The van der Waals surface area contributed by atoms with Crippen molar-refractivity contribution in [3.8, 4) is 0 Å². The van der Waals surface area contributed by atoms with Gasteiger partial charge >= 0.3 is 0 Å². The van der Waals surface area contributed by atoms with Crippen molar-refractivity contribution >= 4 is 24.0 Å². The largest absolute Gasteiger partial charge is 0.300 e. The number of rotatable bonds is 11. The molecule has 0 aliphatic carbocycles. The first-order valence-corrected chi connectivity index (χ1v) is 6.35. The highest BCUT2D eigenvalue weighted by molar-refractivity contribution is 5.85. The molecule has 0 aromatic rings. The quantitative estimate of drug-likeness (QED) is 0.411. The lowest BCUT2D eigenvalue weighted by Crippen LogP contribution is -1.98. The van der Waals surface area contributed by atoms with Crippen LogP contribution in [0.25, 0.3) is 0 Å². The molecule has 0 aliphatic rings. The number of unbranched alkanes of at least 4 members (excludes halogenated alkanes) is 3. The number of carbonyl (C=O) groups is 2. The van der Waals surface area contributed by atoms with Crippen LogP contribution in [0.15, 0.2) is 12.7 Å². The average molecular weight is 261 g/mol. The van der Waals surface area contributed by atoms with E-state index in [9.17, 15) is 9.59 Å². The molecule has 3 heteroatoms.